The highest BCUT2D eigenvalue weighted by atomic mass is 35.5. The van der Waals surface area contributed by atoms with Crippen molar-refractivity contribution in [3.8, 4) is 0 Å². The molecule has 2 aromatic carbocycles. The summed E-state index contributed by atoms with van der Waals surface area (Å²) in [6.07, 6.45) is 0.188. The molecule has 0 unspecified atom stereocenters. The number of rotatable bonds is 3. The van der Waals surface area contributed by atoms with Gasteiger partial charge in [-0.05, 0) is 30.7 Å². The van der Waals surface area contributed by atoms with Crippen LogP contribution in [-0.4, -0.2) is 5.78 Å². The summed E-state index contributed by atoms with van der Waals surface area (Å²) in [5, 5.41) is 0.868. The van der Waals surface area contributed by atoms with Gasteiger partial charge in [0.2, 0.25) is 0 Å². The number of ketones is 1. The van der Waals surface area contributed by atoms with E-state index in [0.29, 0.717) is 26.9 Å². The molecule has 2 rings (SSSR count). The van der Waals surface area contributed by atoms with Crippen molar-refractivity contribution in [2.24, 2.45) is 0 Å². The van der Waals surface area contributed by atoms with E-state index in [1.807, 2.05) is 13.0 Å². The van der Waals surface area contributed by atoms with Crippen molar-refractivity contribution in [1.29, 1.82) is 0 Å². The maximum absolute atomic E-state index is 12.3. The van der Waals surface area contributed by atoms with Crippen molar-refractivity contribution in [3.05, 3.63) is 63.1 Å². The fourth-order valence-electron chi connectivity index (χ4n) is 1.86. The Morgan fingerprint density at radius 3 is 2.68 bits per heavy atom. The van der Waals surface area contributed by atoms with Crippen LogP contribution in [0.1, 0.15) is 21.5 Å². The molecule has 0 spiro atoms. The summed E-state index contributed by atoms with van der Waals surface area (Å²) in [5.74, 6) is -0.0645. The van der Waals surface area contributed by atoms with Crippen molar-refractivity contribution >= 4 is 34.7 Å². The standard InChI is InChI=1S/C15H13Cl2NO/c1-9-5-6-13(18)11(7-9)14(19)8-10-3-2-4-12(16)15(10)17/h2-7H,8,18H2,1H3. The smallest absolute Gasteiger partial charge is 0.169 e. The van der Waals surface area contributed by atoms with Crippen LogP contribution in [0.15, 0.2) is 36.4 Å². The highest BCUT2D eigenvalue weighted by Gasteiger charge is 2.13. The fourth-order valence-corrected chi connectivity index (χ4v) is 2.25. The number of carbonyl (C=O) groups excluding carboxylic acids is 1. The van der Waals surface area contributed by atoms with Gasteiger partial charge in [0.25, 0.3) is 0 Å². The molecular formula is C15H13Cl2NO. The van der Waals surface area contributed by atoms with Crippen molar-refractivity contribution in [3.63, 3.8) is 0 Å². The predicted molar refractivity (Wildman–Crippen MR) is 80.1 cm³/mol. The minimum absolute atomic E-state index is 0.0645. The second-order valence-electron chi connectivity index (χ2n) is 4.40. The number of anilines is 1. The molecule has 0 aromatic heterocycles. The molecule has 2 N–H and O–H groups in total. The van der Waals surface area contributed by atoms with Crippen LogP contribution in [0.4, 0.5) is 5.69 Å². The molecular weight excluding hydrogens is 281 g/mol. The van der Waals surface area contributed by atoms with Crippen molar-refractivity contribution in [1.82, 2.24) is 0 Å². The lowest BCUT2D eigenvalue weighted by Gasteiger charge is -2.08. The van der Waals surface area contributed by atoms with Gasteiger partial charge in [0, 0.05) is 17.7 Å². The van der Waals surface area contributed by atoms with Gasteiger partial charge in [-0.3, -0.25) is 4.79 Å². The van der Waals surface area contributed by atoms with E-state index in [-0.39, 0.29) is 12.2 Å². The highest BCUT2D eigenvalue weighted by molar-refractivity contribution is 6.42. The monoisotopic (exact) mass is 293 g/mol. The summed E-state index contributed by atoms with van der Waals surface area (Å²) in [6.45, 7) is 1.92. The van der Waals surface area contributed by atoms with E-state index < -0.39 is 0 Å². The SMILES string of the molecule is Cc1ccc(N)c(C(=O)Cc2cccc(Cl)c2Cl)c1. The van der Waals surface area contributed by atoms with Gasteiger partial charge >= 0.3 is 0 Å². The first-order chi connectivity index (χ1) is 8.99. The van der Waals surface area contributed by atoms with Gasteiger partial charge in [-0.1, -0.05) is 47.0 Å². The van der Waals surface area contributed by atoms with E-state index in [2.05, 4.69) is 0 Å². The Balaban J connectivity index is 2.31. The van der Waals surface area contributed by atoms with Crippen LogP contribution < -0.4 is 5.73 Å². The van der Waals surface area contributed by atoms with E-state index in [1.165, 1.54) is 0 Å². The molecule has 0 amide bonds. The maximum atomic E-state index is 12.3. The maximum Gasteiger partial charge on any atom is 0.169 e. The number of halogens is 2. The van der Waals surface area contributed by atoms with Crippen LogP contribution in [0.5, 0.6) is 0 Å². The first-order valence-electron chi connectivity index (χ1n) is 5.81. The zero-order chi connectivity index (χ0) is 14.0. The third-order valence-electron chi connectivity index (χ3n) is 2.89. The normalized spacial score (nSPS) is 10.5. The molecule has 0 atom stereocenters. The molecule has 0 aliphatic rings. The van der Waals surface area contributed by atoms with E-state index in [4.69, 9.17) is 28.9 Å². The topological polar surface area (TPSA) is 43.1 Å². The molecule has 0 bridgehead atoms. The molecule has 2 nitrogen and oxygen atoms in total. The van der Waals surface area contributed by atoms with Crippen LogP contribution in [0.2, 0.25) is 10.0 Å². The van der Waals surface area contributed by atoms with Gasteiger partial charge in [0.1, 0.15) is 0 Å². The van der Waals surface area contributed by atoms with Gasteiger partial charge in [-0.25, -0.2) is 0 Å². The van der Waals surface area contributed by atoms with Crippen molar-refractivity contribution in [2.45, 2.75) is 13.3 Å². The lowest BCUT2D eigenvalue weighted by Crippen LogP contribution is -2.07. The third-order valence-corrected chi connectivity index (χ3v) is 3.75. The quantitative estimate of drug-likeness (QED) is 0.677. The Morgan fingerprint density at radius 1 is 1.21 bits per heavy atom. The molecule has 2 aromatic rings. The van der Waals surface area contributed by atoms with Crippen LogP contribution in [-0.2, 0) is 6.42 Å². The zero-order valence-corrected chi connectivity index (χ0v) is 11.9. The fraction of sp³-hybridized carbons (Fsp3) is 0.133. The first-order valence-corrected chi connectivity index (χ1v) is 6.57. The summed E-state index contributed by atoms with van der Waals surface area (Å²) in [5.41, 5.74) is 8.54. The van der Waals surface area contributed by atoms with Gasteiger partial charge in [-0.2, -0.15) is 0 Å². The Morgan fingerprint density at radius 2 is 1.95 bits per heavy atom. The summed E-state index contributed by atoms with van der Waals surface area (Å²) in [6, 6.07) is 10.7. The lowest BCUT2D eigenvalue weighted by atomic mass is 10.00. The van der Waals surface area contributed by atoms with Crippen LogP contribution in [0.25, 0.3) is 0 Å². The molecule has 4 heteroatoms. The molecule has 0 fully saturated rings. The third kappa shape index (κ3) is 3.09. The van der Waals surface area contributed by atoms with E-state index in [9.17, 15) is 4.79 Å². The zero-order valence-electron chi connectivity index (χ0n) is 10.4. The molecule has 0 aliphatic carbocycles. The second-order valence-corrected chi connectivity index (χ2v) is 5.19. The Bertz CT molecular complexity index is 638. The number of carbonyl (C=O) groups is 1. The molecule has 0 aliphatic heterocycles. The number of hydrogen-bond donors (Lipinski definition) is 1. The van der Waals surface area contributed by atoms with Gasteiger partial charge in [-0.15, -0.1) is 0 Å². The predicted octanol–water partition coefficient (Wildman–Crippen LogP) is 4.31. The number of aryl methyl sites for hydroxylation is 1. The highest BCUT2D eigenvalue weighted by Crippen LogP contribution is 2.27. The number of nitrogens with two attached hydrogens (primary N) is 1. The molecule has 19 heavy (non-hydrogen) atoms. The Labute approximate surface area is 122 Å². The molecule has 98 valence electrons. The van der Waals surface area contributed by atoms with Crippen LogP contribution in [0, 0.1) is 6.92 Å². The summed E-state index contributed by atoms with van der Waals surface area (Å²) < 4.78 is 0. The van der Waals surface area contributed by atoms with E-state index in [0.717, 1.165) is 5.56 Å². The molecule has 0 saturated carbocycles. The van der Waals surface area contributed by atoms with E-state index >= 15 is 0 Å². The van der Waals surface area contributed by atoms with Gasteiger partial charge in [0.05, 0.1) is 10.0 Å². The molecule has 0 heterocycles. The molecule has 0 radical (unpaired) electrons. The minimum atomic E-state index is -0.0645. The second kappa shape index (κ2) is 5.64. The number of benzene rings is 2. The summed E-state index contributed by atoms with van der Waals surface area (Å²) in [7, 11) is 0. The van der Waals surface area contributed by atoms with Crippen molar-refractivity contribution < 1.29 is 4.79 Å². The van der Waals surface area contributed by atoms with Crippen LogP contribution >= 0.6 is 23.2 Å². The van der Waals surface area contributed by atoms with Gasteiger partial charge < -0.3 is 5.73 Å². The number of nitrogen functional groups attached to an aromatic ring is 1. The average Bonchev–Trinajstić information content (AvgIpc) is 2.38. The number of hydrogen-bond acceptors (Lipinski definition) is 2. The van der Waals surface area contributed by atoms with E-state index in [1.54, 1.807) is 30.3 Å². The summed E-state index contributed by atoms with van der Waals surface area (Å²) >= 11 is 12.0. The van der Waals surface area contributed by atoms with Gasteiger partial charge in [0.15, 0.2) is 5.78 Å². The largest absolute Gasteiger partial charge is 0.398 e. The molecule has 0 saturated heterocycles. The summed E-state index contributed by atoms with van der Waals surface area (Å²) in [4.78, 5) is 12.3. The first kappa shape index (κ1) is 13.9. The number of Topliss-reactive ketones (excluding diaryl/α,β-unsaturated/α-hetero) is 1. The Kier molecular flexibility index (Phi) is 4.13. The Hall–Kier alpha value is -1.51. The van der Waals surface area contributed by atoms with Crippen molar-refractivity contribution in [2.75, 3.05) is 5.73 Å². The average molecular weight is 294 g/mol. The lowest BCUT2D eigenvalue weighted by molar-refractivity contribution is 0.0994. The van der Waals surface area contributed by atoms with Crippen LogP contribution in [0.3, 0.4) is 0 Å². The minimum Gasteiger partial charge on any atom is -0.398 e.